The molecule has 2 aromatic carbocycles. The molecule has 20 heavy (non-hydrogen) atoms. The summed E-state index contributed by atoms with van der Waals surface area (Å²) in [6.45, 7) is 0. The molecule has 0 heterocycles. The number of anilines is 6. The molecule has 0 radical (unpaired) electrons. The van der Waals surface area contributed by atoms with Crippen LogP contribution >= 0.6 is 0 Å². The highest BCUT2D eigenvalue weighted by Crippen LogP contribution is 2.48. The summed E-state index contributed by atoms with van der Waals surface area (Å²) in [4.78, 5) is 0. The number of nitrogens with one attached hydrogen (secondary N) is 1. The minimum absolute atomic E-state index is 0.00148. The zero-order valence-electron chi connectivity index (χ0n) is 10.5. The fraction of sp³-hybridized carbons (Fsp3) is 0. The quantitative estimate of drug-likeness (QED) is 0.140. The summed E-state index contributed by atoms with van der Waals surface area (Å²) in [6, 6.07) is 0. The number of phenolic OH excluding ortho intramolecular Hbond substituents is 1. The van der Waals surface area contributed by atoms with Gasteiger partial charge in [-0.3, -0.25) is 5.41 Å². The van der Waals surface area contributed by atoms with E-state index in [2.05, 4.69) is 0 Å². The molecule has 0 saturated heterocycles. The van der Waals surface area contributed by atoms with Crippen LogP contribution in [0.3, 0.4) is 0 Å². The number of hydrogen-bond donors (Lipinski definition) is 9. The van der Waals surface area contributed by atoms with Gasteiger partial charge in [0.15, 0.2) is 5.75 Å². The summed E-state index contributed by atoms with van der Waals surface area (Å²) in [7, 11) is 0. The van der Waals surface area contributed by atoms with Crippen molar-refractivity contribution in [3.8, 4) is 5.75 Å². The Kier molecular flexibility index (Phi) is 2.56. The van der Waals surface area contributed by atoms with Gasteiger partial charge in [0.05, 0.1) is 39.7 Å². The number of benzene rings is 2. The third-order valence-corrected chi connectivity index (χ3v) is 3.23. The maximum atomic E-state index is 10.0. The van der Waals surface area contributed by atoms with E-state index in [4.69, 9.17) is 45.5 Å². The van der Waals surface area contributed by atoms with Crippen LogP contribution in [0.25, 0.3) is 10.8 Å². The molecule has 9 heteroatoms. The largest absolute Gasteiger partial charge is 0.505 e. The van der Waals surface area contributed by atoms with Gasteiger partial charge in [0.2, 0.25) is 0 Å². The molecule has 0 aliphatic heterocycles. The van der Waals surface area contributed by atoms with Gasteiger partial charge < -0.3 is 45.2 Å². The first-order valence-corrected chi connectivity index (χ1v) is 5.49. The average Bonchev–Trinajstić information content (AvgIpc) is 2.39. The number of aromatic hydroxyl groups is 1. The van der Waals surface area contributed by atoms with Crippen molar-refractivity contribution in [3.63, 3.8) is 0 Å². The zero-order valence-corrected chi connectivity index (χ0v) is 10.5. The molecular weight excluding hydrogens is 260 g/mol. The highest BCUT2D eigenvalue weighted by Gasteiger charge is 2.24. The minimum Gasteiger partial charge on any atom is -0.505 e. The monoisotopic (exact) mass is 276 g/mol. The minimum atomic E-state index is -0.450. The zero-order chi connectivity index (χ0) is 15.4. The lowest BCUT2D eigenvalue weighted by atomic mass is 9.95. The van der Waals surface area contributed by atoms with E-state index >= 15 is 0 Å². The van der Waals surface area contributed by atoms with Gasteiger partial charge in [-0.25, -0.2) is 0 Å². The fourth-order valence-electron chi connectivity index (χ4n) is 2.15. The highest BCUT2D eigenvalue weighted by atomic mass is 16.3. The van der Waals surface area contributed by atoms with Crippen LogP contribution in [-0.2, 0) is 0 Å². The standard InChI is InChI=1S/C11H16N8O/c12-4-1-2(5(13)8(16)7(4)15)6(14)9(17)10(20)3(1)11(18)19/h20H,12-17H2,(H3,18,19). The Balaban J connectivity index is 3.27. The molecule has 0 unspecified atom stereocenters. The Morgan fingerprint density at radius 2 is 1.10 bits per heavy atom. The normalized spacial score (nSPS) is 10.8. The SMILES string of the molecule is N=C(N)c1c(O)c(N)c(N)c2c(N)c(N)c(N)c(N)c12. The van der Waals surface area contributed by atoms with E-state index in [0.717, 1.165) is 0 Å². The molecule has 0 aromatic heterocycles. The van der Waals surface area contributed by atoms with Crippen molar-refractivity contribution in [2.45, 2.75) is 0 Å². The molecule has 0 fully saturated rings. The molecular formula is C11H16N8O. The third-order valence-electron chi connectivity index (χ3n) is 3.23. The summed E-state index contributed by atoms with van der Waals surface area (Å²) in [5.41, 5.74) is 40.3. The number of rotatable bonds is 1. The summed E-state index contributed by atoms with van der Waals surface area (Å²) in [5, 5.41) is 18.0. The van der Waals surface area contributed by atoms with E-state index < -0.39 is 11.6 Å². The second-order valence-electron chi connectivity index (χ2n) is 4.37. The molecule has 106 valence electrons. The Morgan fingerprint density at radius 1 is 0.700 bits per heavy atom. The van der Waals surface area contributed by atoms with Crippen LogP contribution in [0.1, 0.15) is 5.56 Å². The number of nitrogens with two attached hydrogens (primary N) is 7. The van der Waals surface area contributed by atoms with Crippen molar-refractivity contribution in [1.82, 2.24) is 0 Å². The van der Waals surface area contributed by atoms with Crippen LogP contribution in [0.15, 0.2) is 0 Å². The fourth-order valence-corrected chi connectivity index (χ4v) is 2.15. The first-order valence-electron chi connectivity index (χ1n) is 5.49. The van der Waals surface area contributed by atoms with Crippen molar-refractivity contribution in [2.24, 2.45) is 5.73 Å². The Hall–Kier alpha value is -3.23. The van der Waals surface area contributed by atoms with Gasteiger partial charge in [0.1, 0.15) is 5.84 Å². The molecule has 2 aromatic rings. The second-order valence-corrected chi connectivity index (χ2v) is 4.37. The van der Waals surface area contributed by atoms with Crippen LogP contribution in [0, 0.1) is 5.41 Å². The number of amidine groups is 1. The third kappa shape index (κ3) is 1.40. The number of nitrogen functional groups attached to an aromatic ring is 7. The van der Waals surface area contributed by atoms with Crippen LogP contribution in [-0.4, -0.2) is 10.9 Å². The van der Waals surface area contributed by atoms with E-state index in [0.29, 0.717) is 0 Å². The smallest absolute Gasteiger partial charge is 0.152 e. The lowest BCUT2D eigenvalue weighted by molar-refractivity contribution is 0.478. The van der Waals surface area contributed by atoms with Crippen LogP contribution in [0.4, 0.5) is 34.1 Å². The summed E-state index contributed by atoms with van der Waals surface area (Å²) >= 11 is 0. The van der Waals surface area contributed by atoms with E-state index in [1.807, 2.05) is 0 Å². The van der Waals surface area contributed by atoms with Crippen molar-refractivity contribution < 1.29 is 5.11 Å². The van der Waals surface area contributed by atoms with Gasteiger partial charge in [0, 0.05) is 10.8 Å². The molecule has 0 aliphatic carbocycles. The highest BCUT2D eigenvalue weighted by molar-refractivity contribution is 6.26. The van der Waals surface area contributed by atoms with Crippen LogP contribution < -0.4 is 40.1 Å². The molecule has 0 bridgehead atoms. The Labute approximate surface area is 113 Å². The number of fused-ring (bicyclic) bond motifs is 1. The Bertz CT molecular complexity index is 759. The van der Waals surface area contributed by atoms with Gasteiger partial charge >= 0.3 is 0 Å². The lowest BCUT2D eigenvalue weighted by Crippen LogP contribution is -2.16. The summed E-state index contributed by atoms with van der Waals surface area (Å²) in [6.07, 6.45) is 0. The van der Waals surface area contributed by atoms with Crippen molar-refractivity contribution in [1.29, 1.82) is 5.41 Å². The molecule has 0 saturated carbocycles. The molecule has 0 spiro atoms. The van der Waals surface area contributed by atoms with Crippen molar-refractivity contribution >= 4 is 50.7 Å². The van der Waals surface area contributed by atoms with Gasteiger partial charge in [-0.1, -0.05) is 0 Å². The van der Waals surface area contributed by atoms with Gasteiger partial charge in [-0.2, -0.15) is 0 Å². The Morgan fingerprint density at radius 3 is 1.55 bits per heavy atom. The maximum Gasteiger partial charge on any atom is 0.152 e. The summed E-state index contributed by atoms with van der Waals surface area (Å²) < 4.78 is 0. The topological polar surface area (TPSA) is 226 Å². The van der Waals surface area contributed by atoms with Gasteiger partial charge in [0.25, 0.3) is 0 Å². The van der Waals surface area contributed by atoms with E-state index in [1.54, 1.807) is 0 Å². The van der Waals surface area contributed by atoms with Gasteiger partial charge in [-0.05, 0) is 0 Å². The number of phenols is 1. The molecule has 0 amide bonds. The molecule has 16 N–H and O–H groups in total. The van der Waals surface area contributed by atoms with Crippen LogP contribution in [0.2, 0.25) is 0 Å². The maximum absolute atomic E-state index is 10.0. The predicted octanol–water partition coefficient (Wildman–Crippen LogP) is -0.677. The van der Waals surface area contributed by atoms with Crippen LogP contribution in [0.5, 0.6) is 5.75 Å². The summed E-state index contributed by atoms with van der Waals surface area (Å²) in [5.74, 6) is -0.896. The van der Waals surface area contributed by atoms with Crippen molar-refractivity contribution in [2.75, 3.05) is 34.4 Å². The number of hydrogen-bond acceptors (Lipinski definition) is 8. The van der Waals surface area contributed by atoms with E-state index in [-0.39, 0.29) is 50.5 Å². The first-order chi connectivity index (χ1) is 9.20. The molecule has 9 nitrogen and oxygen atoms in total. The molecule has 0 aliphatic rings. The lowest BCUT2D eigenvalue weighted by Gasteiger charge is -2.19. The predicted molar refractivity (Wildman–Crippen MR) is 83.1 cm³/mol. The van der Waals surface area contributed by atoms with Crippen molar-refractivity contribution in [3.05, 3.63) is 5.56 Å². The second kappa shape index (κ2) is 3.88. The molecule has 0 atom stereocenters. The molecule has 2 rings (SSSR count). The average molecular weight is 276 g/mol. The van der Waals surface area contributed by atoms with E-state index in [9.17, 15) is 5.11 Å². The first kappa shape index (κ1) is 13.2. The van der Waals surface area contributed by atoms with E-state index in [1.165, 1.54) is 0 Å². The van der Waals surface area contributed by atoms with Gasteiger partial charge in [-0.15, -0.1) is 0 Å².